The molecule has 72 valence electrons. The Morgan fingerprint density at radius 3 is 2.92 bits per heavy atom. The minimum Gasteiger partial charge on any atom is -0.337 e. The quantitative estimate of drug-likeness (QED) is 0.758. The largest absolute Gasteiger partial charge is 0.337 e. The first-order valence-electron chi connectivity index (χ1n) is 5.03. The molecule has 0 saturated heterocycles. The van der Waals surface area contributed by atoms with Crippen molar-refractivity contribution in [3.05, 3.63) is 18.2 Å². The van der Waals surface area contributed by atoms with Gasteiger partial charge in [0.1, 0.15) is 5.82 Å². The molecule has 0 aliphatic heterocycles. The van der Waals surface area contributed by atoms with Gasteiger partial charge in [-0.05, 0) is 25.3 Å². The van der Waals surface area contributed by atoms with Crippen molar-refractivity contribution >= 4 is 0 Å². The Kier molecular flexibility index (Phi) is 2.36. The van der Waals surface area contributed by atoms with Crippen molar-refractivity contribution in [2.75, 3.05) is 6.54 Å². The van der Waals surface area contributed by atoms with Crippen LogP contribution in [0, 0.1) is 5.92 Å². The van der Waals surface area contributed by atoms with E-state index in [4.69, 9.17) is 0 Å². The number of nitrogens with one attached hydrogen (secondary N) is 1. The summed E-state index contributed by atoms with van der Waals surface area (Å²) >= 11 is 0. The molecule has 2 rings (SSSR count). The molecule has 1 fully saturated rings. The van der Waals surface area contributed by atoms with Gasteiger partial charge in [0.25, 0.3) is 0 Å². The van der Waals surface area contributed by atoms with Gasteiger partial charge in [0.15, 0.2) is 0 Å². The van der Waals surface area contributed by atoms with Gasteiger partial charge in [0, 0.05) is 19.4 Å². The predicted octanol–water partition coefficient (Wildman–Crippen LogP) is 1.48. The predicted molar refractivity (Wildman–Crippen MR) is 52.3 cm³/mol. The number of aromatic nitrogens is 2. The van der Waals surface area contributed by atoms with Crippen LogP contribution in [-0.2, 0) is 7.05 Å². The molecule has 0 radical (unpaired) electrons. The third kappa shape index (κ3) is 1.75. The highest BCUT2D eigenvalue weighted by atomic mass is 15.1. The molecule has 0 amide bonds. The van der Waals surface area contributed by atoms with Crippen LogP contribution >= 0.6 is 0 Å². The van der Waals surface area contributed by atoms with E-state index in [-0.39, 0.29) is 0 Å². The molecule has 0 aromatic carbocycles. The van der Waals surface area contributed by atoms with E-state index in [0.717, 1.165) is 12.5 Å². The second kappa shape index (κ2) is 3.50. The monoisotopic (exact) mass is 179 g/mol. The molecule has 3 nitrogen and oxygen atoms in total. The molecule has 0 bridgehead atoms. The summed E-state index contributed by atoms with van der Waals surface area (Å²) in [5.74, 6) is 2.01. The molecule has 13 heavy (non-hydrogen) atoms. The number of hydrogen-bond acceptors (Lipinski definition) is 2. The summed E-state index contributed by atoms with van der Waals surface area (Å²) in [6.07, 6.45) is 6.60. The molecule has 1 aromatic rings. The number of rotatable bonds is 4. The zero-order valence-electron chi connectivity index (χ0n) is 8.33. The van der Waals surface area contributed by atoms with Gasteiger partial charge in [0.2, 0.25) is 0 Å². The summed E-state index contributed by atoms with van der Waals surface area (Å²) in [5, 5.41) is 3.50. The molecular weight excluding hydrogens is 162 g/mol. The van der Waals surface area contributed by atoms with E-state index in [1.807, 2.05) is 12.4 Å². The molecule has 1 aromatic heterocycles. The third-order valence-electron chi connectivity index (χ3n) is 2.65. The SMILES string of the molecule is CCNC(c1nccn1C)C1CC1. The molecule has 1 aliphatic carbocycles. The van der Waals surface area contributed by atoms with E-state index in [2.05, 4.69) is 28.8 Å². The van der Waals surface area contributed by atoms with Crippen LogP contribution in [-0.4, -0.2) is 16.1 Å². The summed E-state index contributed by atoms with van der Waals surface area (Å²) in [4.78, 5) is 4.40. The fourth-order valence-corrected chi connectivity index (χ4v) is 1.80. The highest BCUT2D eigenvalue weighted by molar-refractivity contribution is 5.04. The maximum atomic E-state index is 4.40. The van der Waals surface area contributed by atoms with Gasteiger partial charge in [-0.2, -0.15) is 0 Å². The first-order valence-corrected chi connectivity index (χ1v) is 5.03. The van der Waals surface area contributed by atoms with Crippen molar-refractivity contribution in [1.29, 1.82) is 0 Å². The zero-order valence-corrected chi connectivity index (χ0v) is 8.33. The third-order valence-corrected chi connectivity index (χ3v) is 2.65. The van der Waals surface area contributed by atoms with Crippen molar-refractivity contribution < 1.29 is 0 Å². The van der Waals surface area contributed by atoms with Crippen LogP contribution in [0.3, 0.4) is 0 Å². The molecule has 1 N–H and O–H groups in total. The Hall–Kier alpha value is -0.830. The van der Waals surface area contributed by atoms with E-state index in [9.17, 15) is 0 Å². The van der Waals surface area contributed by atoms with E-state index >= 15 is 0 Å². The number of nitrogens with zero attached hydrogens (tertiary/aromatic N) is 2. The highest BCUT2D eigenvalue weighted by Gasteiger charge is 2.33. The van der Waals surface area contributed by atoms with Crippen molar-refractivity contribution in [2.24, 2.45) is 13.0 Å². The molecule has 1 heterocycles. The molecule has 1 atom stereocenters. The van der Waals surface area contributed by atoms with E-state index in [1.54, 1.807) is 0 Å². The molecule has 0 spiro atoms. The average Bonchev–Trinajstić information content (AvgIpc) is 2.86. The van der Waals surface area contributed by atoms with Crippen LogP contribution < -0.4 is 5.32 Å². The van der Waals surface area contributed by atoms with Gasteiger partial charge < -0.3 is 9.88 Å². The summed E-state index contributed by atoms with van der Waals surface area (Å²) < 4.78 is 2.12. The van der Waals surface area contributed by atoms with Crippen molar-refractivity contribution in [3.8, 4) is 0 Å². The summed E-state index contributed by atoms with van der Waals surface area (Å²) in [5.41, 5.74) is 0. The maximum absolute atomic E-state index is 4.40. The topological polar surface area (TPSA) is 29.9 Å². The number of aryl methyl sites for hydroxylation is 1. The van der Waals surface area contributed by atoms with Gasteiger partial charge in [-0.25, -0.2) is 4.98 Å². The minimum atomic E-state index is 0.477. The molecule has 3 heteroatoms. The Labute approximate surface area is 79.2 Å². The van der Waals surface area contributed by atoms with Crippen LogP contribution in [0.15, 0.2) is 12.4 Å². The van der Waals surface area contributed by atoms with E-state index < -0.39 is 0 Å². The fourth-order valence-electron chi connectivity index (χ4n) is 1.80. The van der Waals surface area contributed by atoms with Crippen molar-refractivity contribution in [2.45, 2.75) is 25.8 Å². The molecule has 1 unspecified atom stereocenters. The number of imidazole rings is 1. The van der Waals surface area contributed by atoms with Crippen LogP contribution in [0.4, 0.5) is 0 Å². The summed E-state index contributed by atoms with van der Waals surface area (Å²) in [6.45, 7) is 3.17. The molecular formula is C10H17N3. The van der Waals surface area contributed by atoms with E-state index in [1.165, 1.54) is 18.7 Å². The Bertz CT molecular complexity index is 275. The van der Waals surface area contributed by atoms with Gasteiger partial charge in [0.05, 0.1) is 6.04 Å². The molecule has 1 aliphatic rings. The van der Waals surface area contributed by atoms with Gasteiger partial charge in [-0.3, -0.25) is 0 Å². The standard InChI is InChI=1S/C10H17N3/c1-3-11-9(8-4-5-8)10-12-6-7-13(10)2/h6-9,11H,3-5H2,1-2H3. The van der Waals surface area contributed by atoms with Crippen LogP contribution in [0.5, 0.6) is 0 Å². The van der Waals surface area contributed by atoms with Gasteiger partial charge in [-0.1, -0.05) is 6.92 Å². The van der Waals surface area contributed by atoms with E-state index in [0.29, 0.717) is 6.04 Å². The lowest BCUT2D eigenvalue weighted by atomic mass is 10.1. The fraction of sp³-hybridized carbons (Fsp3) is 0.700. The van der Waals surface area contributed by atoms with Crippen LogP contribution in [0.1, 0.15) is 31.6 Å². The van der Waals surface area contributed by atoms with Crippen LogP contribution in [0.2, 0.25) is 0 Å². The summed E-state index contributed by atoms with van der Waals surface area (Å²) in [6, 6.07) is 0.477. The minimum absolute atomic E-state index is 0.477. The lowest BCUT2D eigenvalue weighted by Gasteiger charge is -2.16. The lowest BCUT2D eigenvalue weighted by molar-refractivity contribution is 0.459. The first kappa shape index (κ1) is 8.75. The first-order chi connectivity index (χ1) is 6.33. The van der Waals surface area contributed by atoms with Gasteiger partial charge >= 0.3 is 0 Å². The molecule has 1 saturated carbocycles. The Balaban J connectivity index is 2.14. The highest BCUT2D eigenvalue weighted by Crippen LogP contribution is 2.40. The number of hydrogen-bond donors (Lipinski definition) is 1. The van der Waals surface area contributed by atoms with Crippen molar-refractivity contribution in [1.82, 2.24) is 14.9 Å². The van der Waals surface area contributed by atoms with Gasteiger partial charge in [-0.15, -0.1) is 0 Å². The van der Waals surface area contributed by atoms with Crippen molar-refractivity contribution in [3.63, 3.8) is 0 Å². The second-order valence-electron chi connectivity index (χ2n) is 3.77. The summed E-state index contributed by atoms with van der Waals surface area (Å²) in [7, 11) is 2.06. The normalized spacial score (nSPS) is 18.9. The smallest absolute Gasteiger partial charge is 0.125 e. The second-order valence-corrected chi connectivity index (χ2v) is 3.77. The maximum Gasteiger partial charge on any atom is 0.125 e. The lowest BCUT2D eigenvalue weighted by Crippen LogP contribution is -2.25. The Morgan fingerprint density at radius 2 is 2.46 bits per heavy atom. The zero-order chi connectivity index (χ0) is 9.26. The average molecular weight is 179 g/mol. The Morgan fingerprint density at radius 1 is 1.69 bits per heavy atom. The van der Waals surface area contributed by atoms with Crippen LogP contribution in [0.25, 0.3) is 0 Å².